The molecule has 1 N–H and O–H groups in total. The van der Waals surface area contributed by atoms with Gasteiger partial charge in [0.25, 0.3) is 0 Å². The van der Waals surface area contributed by atoms with Crippen LogP contribution in [0.5, 0.6) is 0 Å². The first-order valence-electron chi connectivity index (χ1n) is 4.06. The summed E-state index contributed by atoms with van der Waals surface area (Å²) in [7, 11) is 0. The lowest BCUT2D eigenvalue weighted by atomic mass is 10.1. The Kier molecular flexibility index (Phi) is 2.69. The molecule has 1 rings (SSSR count). The highest BCUT2D eigenvalue weighted by Gasteiger charge is 2.14. The zero-order chi connectivity index (χ0) is 10.6. The van der Waals surface area contributed by atoms with E-state index in [1.165, 1.54) is 12.3 Å². The minimum atomic E-state index is -0.520. The molecule has 1 aromatic rings. The number of aromatic nitrogens is 2. The summed E-state index contributed by atoms with van der Waals surface area (Å²) in [6, 6.07) is 3.46. The maximum Gasteiger partial charge on any atom is 0.225 e. The average molecular weight is 186 g/mol. The second kappa shape index (κ2) is 3.76. The van der Waals surface area contributed by atoms with Gasteiger partial charge in [0.2, 0.25) is 5.95 Å². The summed E-state index contributed by atoms with van der Waals surface area (Å²) in [4.78, 5) is 7.90. The third-order valence-electron chi connectivity index (χ3n) is 1.56. The lowest BCUT2D eigenvalue weighted by Crippen LogP contribution is -2.29. The fraction of sp³-hybridized carbons (Fsp3) is 0.300. The Hall–Kier alpha value is -2.07. The van der Waals surface area contributed by atoms with Crippen molar-refractivity contribution >= 4 is 5.95 Å². The van der Waals surface area contributed by atoms with Crippen molar-refractivity contribution in [2.75, 3.05) is 5.32 Å². The fourth-order valence-corrected chi connectivity index (χ4v) is 0.797. The number of terminal acetylenes is 1. The number of hydrogen-bond acceptors (Lipinski definition) is 4. The van der Waals surface area contributed by atoms with Crippen LogP contribution in [0.4, 0.5) is 5.95 Å². The van der Waals surface area contributed by atoms with E-state index in [1.54, 1.807) is 0 Å². The zero-order valence-corrected chi connectivity index (χ0v) is 8.07. The Bertz CT molecular complexity index is 409. The van der Waals surface area contributed by atoms with Crippen LogP contribution in [0, 0.1) is 23.7 Å². The number of rotatable bonds is 2. The van der Waals surface area contributed by atoms with Crippen molar-refractivity contribution in [1.29, 1.82) is 5.26 Å². The van der Waals surface area contributed by atoms with Crippen LogP contribution in [0.2, 0.25) is 0 Å². The average Bonchev–Trinajstić information content (AvgIpc) is 2.17. The van der Waals surface area contributed by atoms with Crippen LogP contribution >= 0.6 is 0 Å². The molecule has 0 fully saturated rings. The van der Waals surface area contributed by atoms with Crippen LogP contribution in [0.15, 0.2) is 12.3 Å². The maximum atomic E-state index is 8.61. The van der Waals surface area contributed by atoms with Crippen molar-refractivity contribution in [2.24, 2.45) is 0 Å². The Labute approximate surface area is 83.0 Å². The molecule has 0 aromatic carbocycles. The SMILES string of the molecule is C#CC(C)(C)Nc1nccc(C#N)n1. The Balaban J connectivity index is 2.90. The third kappa shape index (κ3) is 2.46. The highest BCUT2D eigenvalue weighted by molar-refractivity contribution is 5.36. The summed E-state index contributed by atoms with van der Waals surface area (Å²) in [6.45, 7) is 3.66. The summed E-state index contributed by atoms with van der Waals surface area (Å²) >= 11 is 0. The second-order valence-electron chi connectivity index (χ2n) is 3.27. The van der Waals surface area contributed by atoms with Gasteiger partial charge in [0.15, 0.2) is 0 Å². The highest BCUT2D eigenvalue weighted by atomic mass is 15.1. The molecule has 0 spiro atoms. The van der Waals surface area contributed by atoms with Gasteiger partial charge in [-0.25, -0.2) is 9.97 Å². The van der Waals surface area contributed by atoms with E-state index >= 15 is 0 Å². The molecule has 0 saturated carbocycles. The fourth-order valence-electron chi connectivity index (χ4n) is 0.797. The van der Waals surface area contributed by atoms with Gasteiger partial charge < -0.3 is 5.32 Å². The van der Waals surface area contributed by atoms with Crippen molar-refractivity contribution in [1.82, 2.24) is 9.97 Å². The molecule has 1 aromatic heterocycles. The molecule has 14 heavy (non-hydrogen) atoms. The standard InChI is InChI=1S/C10H10N4/c1-4-10(2,3)14-9-12-6-5-8(7-11)13-9/h1,5-6H,2-3H3,(H,12,13,14). The minimum absolute atomic E-state index is 0.315. The van der Waals surface area contributed by atoms with E-state index in [-0.39, 0.29) is 0 Å². The van der Waals surface area contributed by atoms with Gasteiger partial charge in [-0.2, -0.15) is 5.26 Å². The number of anilines is 1. The van der Waals surface area contributed by atoms with Crippen molar-refractivity contribution in [3.8, 4) is 18.4 Å². The van der Waals surface area contributed by atoms with E-state index in [1.807, 2.05) is 19.9 Å². The normalized spacial score (nSPS) is 10.0. The molecule has 0 aliphatic carbocycles. The molecule has 4 nitrogen and oxygen atoms in total. The molecule has 1 heterocycles. The van der Waals surface area contributed by atoms with Crippen molar-refractivity contribution in [2.45, 2.75) is 19.4 Å². The molecule has 0 saturated heterocycles. The van der Waals surface area contributed by atoms with Crippen LogP contribution in [0.3, 0.4) is 0 Å². The molecule has 0 bridgehead atoms. The van der Waals surface area contributed by atoms with Crippen molar-refractivity contribution in [3.63, 3.8) is 0 Å². The molecular weight excluding hydrogens is 176 g/mol. The van der Waals surface area contributed by atoms with E-state index in [2.05, 4.69) is 21.2 Å². The van der Waals surface area contributed by atoms with E-state index in [4.69, 9.17) is 11.7 Å². The van der Waals surface area contributed by atoms with Crippen molar-refractivity contribution < 1.29 is 0 Å². The van der Waals surface area contributed by atoms with E-state index in [0.717, 1.165) is 0 Å². The largest absolute Gasteiger partial charge is 0.338 e. The number of hydrogen-bond donors (Lipinski definition) is 1. The summed E-state index contributed by atoms with van der Waals surface area (Å²) in [5.41, 5.74) is -0.205. The number of nitrogens with one attached hydrogen (secondary N) is 1. The zero-order valence-electron chi connectivity index (χ0n) is 8.07. The molecule has 4 heteroatoms. The van der Waals surface area contributed by atoms with Gasteiger partial charge in [-0.05, 0) is 19.9 Å². The van der Waals surface area contributed by atoms with Gasteiger partial charge in [-0.3, -0.25) is 0 Å². The highest BCUT2D eigenvalue weighted by Crippen LogP contribution is 2.08. The molecule has 0 aliphatic heterocycles. The summed E-state index contributed by atoms with van der Waals surface area (Å²) < 4.78 is 0. The number of nitriles is 1. The predicted octanol–water partition coefficient (Wildman–Crippen LogP) is 1.17. The molecule has 0 amide bonds. The maximum absolute atomic E-state index is 8.61. The smallest absolute Gasteiger partial charge is 0.225 e. The van der Waals surface area contributed by atoms with Gasteiger partial charge in [-0.1, -0.05) is 5.92 Å². The van der Waals surface area contributed by atoms with E-state index in [9.17, 15) is 0 Å². The van der Waals surface area contributed by atoms with Crippen LogP contribution in [0.1, 0.15) is 19.5 Å². The number of nitrogens with zero attached hydrogens (tertiary/aromatic N) is 3. The topological polar surface area (TPSA) is 61.6 Å². The second-order valence-corrected chi connectivity index (χ2v) is 3.27. The molecule has 0 radical (unpaired) electrons. The Morgan fingerprint density at radius 3 is 2.86 bits per heavy atom. The molecule has 70 valence electrons. The van der Waals surface area contributed by atoms with E-state index < -0.39 is 5.54 Å². The molecule has 0 atom stereocenters. The third-order valence-corrected chi connectivity index (χ3v) is 1.56. The first kappa shape index (κ1) is 10.0. The lowest BCUT2D eigenvalue weighted by molar-refractivity contribution is 0.728. The Morgan fingerprint density at radius 1 is 1.57 bits per heavy atom. The van der Waals surface area contributed by atoms with Crippen LogP contribution < -0.4 is 5.32 Å². The van der Waals surface area contributed by atoms with Crippen molar-refractivity contribution in [3.05, 3.63) is 18.0 Å². The Morgan fingerprint density at radius 2 is 2.29 bits per heavy atom. The lowest BCUT2D eigenvalue weighted by Gasteiger charge is -2.18. The summed E-state index contributed by atoms with van der Waals surface area (Å²) in [6.07, 6.45) is 6.81. The van der Waals surface area contributed by atoms with Gasteiger partial charge in [-0.15, -0.1) is 6.42 Å². The molecular formula is C10H10N4. The van der Waals surface area contributed by atoms with E-state index in [0.29, 0.717) is 11.6 Å². The van der Waals surface area contributed by atoms with Crippen LogP contribution in [-0.2, 0) is 0 Å². The quantitative estimate of drug-likeness (QED) is 0.704. The first-order chi connectivity index (χ1) is 6.57. The summed E-state index contributed by atoms with van der Waals surface area (Å²) in [5, 5.41) is 11.5. The van der Waals surface area contributed by atoms with Gasteiger partial charge in [0.05, 0.1) is 5.54 Å². The van der Waals surface area contributed by atoms with Crippen LogP contribution in [-0.4, -0.2) is 15.5 Å². The molecule has 0 unspecified atom stereocenters. The monoisotopic (exact) mass is 186 g/mol. The summed E-state index contributed by atoms with van der Waals surface area (Å²) in [5.74, 6) is 2.92. The predicted molar refractivity (Wildman–Crippen MR) is 53.3 cm³/mol. The molecule has 0 aliphatic rings. The van der Waals surface area contributed by atoms with Gasteiger partial charge in [0, 0.05) is 6.20 Å². The minimum Gasteiger partial charge on any atom is -0.338 e. The van der Waals surface area contributed by atoms with Crippen LogP contribution in [0.25, 0.3) is 0 Å². The first-order valence-corrected chi connectivity index (χ1v) is 4.06. The van der Waals surface area contributed by atoms with Gasteiger partial charge >= 0.3 is 0 Å². The van der Waals surface area contributed by atoms with Gasteiger partial charge in [0.1, 0.15) is 11.8 Å².